The molecule has 1 heterocycles. The van der Waals surface area contributed by atoms with Crippen LogP contribution in [0.2, 0.25) is 0 Å². The quantitative estimate of drug-likeness (QED) is 0.639. The van der Waals surface area contributed by atoms with E-state index in [9.17, 15) is 13.2 Å². The average Bonchev–Trinajstić information content (AvgIpc) is 2.62. The molecule has 5 nitrogen and oxygen atoms in total. The maximum absolute atomic E-state index is 12.0. The van der Waals surface area contributed by atoms with E-state index in [4.69, 9.17) is 16.3 Å². The van der Waals surface area contributed by atoms with Crippen LogP contribution in [0.25, 0.3) is 0 Å². The number of nitrogens with one attached hydrogen (secondary N) is 1. The van der Waals surface area contributed by atoms with Gasteiger partial charge in [0.15, 0.2) is 0 Å². The Balaban J connectivity index is 3.10. The molecule has 8 heteroatoms. The smallest absolute Gasteiger partial charge is 0.341 e. The van der Waals surface area contributed by atoms with Gasteiger partial charge in [-0.1, -0.05) is 6.92 Å². The molecule has 1 aromatic rings. The summed E-state index contributed by atoms with van der Waals surface area (Å²) >= 11 is 6.85. The van der Waals surface area contributed by atoms with Crippen LogP contribution < -0.4 is 4.72 Å². The molecule has 0 aliphatic rings. The molecule has 0 radical (unpaired) electrons. The summed E-state index contributed by atoms with van der Waals surface area (Å²) in [4.78, 5) is 12.6. The van der Waals surface area contributed by atoms with Crippen LogP contribution in [0.1, 0.15) is 27.7 Å². The number of esters is 1. The van der Waals surface area contributed by atoms with E-state index in [1.807, 2.05) is 6.92 Å². The zero-order valence-electron chi connectivity index (χ0n) is 11.8. The van der Waals surface area contributed by atoms with Crippen molar-refractivity contribution in [3.63, 3.8) is 0 Å². The van der Waals surface area contributed by atoms with Gasteiger partial charge in [-0.15, -0.1) is 22.9 Å². The van der Waals surface area contributed by atoms with Gasteiger partial charge in [0.25, 0.3) is 0 Å². The van der Waals surface area contributed by atoms with Crippen molar-refractivity contribution in [2.45, 2.75) is 20.8 Å². The molecule has 0 saturated heterocycles. The van der Waals surface area contributed by atoms with Crippen molar-refractivity contribution >= 4 is 43.9 Å². The lowest BCUT2D eigenvalue weighted by atomic mass is 10.2. The Hall–Kier alpha value is -0.790. The first-order chi connectivity index (χ1) is 9.21. The summed E-state index contributed by atoms with van der Waals surface area (Å²) in [5.74, 6) is -0.548. The normalized spacial score (nSPS) is 13.1. The second-order valence-electron chi connectivity index (χ2n) is 4.62. The summed E-state index contributed by atoms with van der Waals surface area (Å²) in [6.07, 6.45) is 0. The van der Waals surface area contributed by atoms with Crippen molar-refractivity contribution in [2.24, 2.45) is 5.92 Å². The minimum absolute atomic E-state index is 0.0902. The molecule has 20 heavy (non-hydrogen) atoms. The fourth-order valence-electron chi connectivity index (χ4n) is 1.65. The number of rotatable bonds is 6. The topological polar surface area (TPSA) is 72.5 Å². The van der Waals surface area contributed by atoms with Gasteiger partial charge < -0.3 is 4.74 Å². The van der Waals surface area contributed by atoms with E-state index in [1.54, 1.807) is 13.8 Å². The van der Waals surface area contributed by atoms with Gasteiger partial charge in [-0.3, -0.25) is 4.72 Å². The summed E-state index contributed by atoms with van der Waals surface area (Å²) in [7, 11) is -2.28. The Bertz CT molecular complexity index is 595. The highest BCUT2D eigenvalue weighted by atomic mass is 35.5. The van der Waals surface area contributed by atoms with Crippen LogP contribution >= 0.6 is 22.9 Å². The van der Waals surface area contributed by atoms with Crippen LogP contribution in [0.5, 0.6) is 0 Å². The third-order valence-electron chi connectivity index (χ3n) is 2.79. The number of hydrogen-bond acceptors (Lipinski definition) is 5. The van der Waals surface area contributed by atoms with E-state index in [1.165, 1.54) is 18.4 Å². The molecule has 0 bridgehead atoms. The molecule has 1 atom stereocenters. The van der Waals surface area contributed by atoms with E-state index in [0.29, 0.717) is 5.00 Å². The van der Waals surface area contributed by atoms with E-state index < -0.39 is 16.0 Å². The van der Waals surface area contributed by atoms with Gasteiger partial charge in [-0.25, -0.2) is 13.2 Å². The van der Waals surface area contributed by atoms with Gasteiger partial charge in [0.05, 0.1) is 18.4 Å². The summed E-state index contributed by atoms with van der Waals surface area (Å²) in [5.41, 5.74) is 1.00. The van der Waals surface area contributed by atoms with E-state index in [0.717, 1.165) is 10.4 Å². The summed E-state index contributed by atoms with van der Waals surface area (Å²) in [6.45, 7) is 5.33. The van der Waals surface area contributed by atoms with Crippen LogP contribution in [0.3, 0.4) is 0 Å². The van der Waals surface area contributed by atoms with Gasteiger partial charge >= 0.3 is 5.97 Å². The van der Waals surface area contributed by atoms with Crippen molar-refractivity contribution in [2.75, 3.05) is 23.5 Å². The molecule has 1 unspecified atom stereocenters. The molecule has 0 spiro atoms. The fourth-order valence-corrected chi connectivity index (χ4v) is 4.67. The Labute approximate surface area is 128 Å². The number of carbonyl (C=O) groups excluding carboxylic acids is 1. The third-order valence-corrected chi connectivity index (χ3v) is 6.09. The van der Waals surface area contributed by atoms with Crippen molar-refractivity contribution in [1.82, 2.24) is 0 Å². The molecule has 0 aliphatic heterocycles. The summed E-state index contributed by atoms with van der Waals surface area (Å²) in [5, 5.41) is 0.300. The Morgan fingerprint density at radius 3 is 2.55 bits per heavy atom. The zero-order valence-corrected chi connectivity index (χ0v) is 14.2. The van der Waals surface area contributed by atoms with E-state index in [2.05, 4.69) is 4.72 Å². The molecular weight excluding hydrogens is 322 g/mol. The lowest BCUT2D eigenvalue weighted by molar-refractivity contribution is 0.0601. The van der Waals surface area contributed by atoms with Crippen LogP contribution in [0.15, 0.2) is 0 Å². The maximum Gasteiger partial charge on any atom is 0.341 e. The Morgan fingerprint density at radius 2 is 2.05 bits per heavy atom. The van der Waals surface area contributed by atoms with Gasteiger partial charge in [0.1, 0.15) is 5.00 Å². The van der Waals surface area contributed by atoms with Crippen LogP contribution in [0, 0.1) is 19.8 Å². The molecule has 0 aromatic carbocycles. The first-order valence-corrected chi connectivity index (χ1v) is 8.97. The molecule has 0 aliphatic carbocycles. The maximum atomic E-state index is 12.0. The van der Waals surface area contributed by atoms with Crippen molar-refractivity contribution < 1.29 is 17.9 Å². The molecule has 1 rings (SSSR count). The summed E-state index contributed by atoms with van der Waals surface area (Å²) in [6, 6.07) is 0. The lowest BCUT2D eigenvalue weighted by Crippen LogP contribution is -2.22. The highest BCUT2D eigenvalue weighted by Crippen LogP contribution is 2.33. The molecule has 0 amide bonds. The Morgan fingerprint density at radius 1 is 1.45 bits per heavy atom. The highest BCUT2D eigenvalue weighted by Gasteiger charge is 2.24. The van der Waals surface area contributed by atoms with Crippen molar-refractivity contribution in [3.05, 3.63) is 16.0 Å². The number of methoxy groups -OCH3 is 1. The minimum atomic E-state index is -3.55. The lowest BCUT2D eigenvalue weighted by Gasteiger charge is -2.11. The molecule has 1 N–H and O–H groups in total. The van der Waals surface area contributed by atoms with Crippen LogP contribution in [0.4, 0.5) is 5.00 Å². The predicted octanol–water partition coefficient (Wildman–Crippen LogP) is 2.77. The number of aryl methyl sites for hydroxylation is 1. The molecule has 1 aromatic heterocycles. The van der Waals surface area contributed by atoms with Crippen molar-refractivity contribution in [1.29, 1.82) is 0 Å². The number of ether oxygens (including phenoxy) is 1. The largest absolute Gasteiger partial charge is 0.465 e. The van der Waals surface area contributed by atoms with Crippen LogP contribution in [-0.2, 0) is 14.8 Å². The highest BCUT2D eigenvalue weighted by molar-refractivity contribution is 7.92. The first-order valence-electron chi connectivity index (χ1n) is 5.96. The molecular formula is C12H18ClNO4S2. The monoisotopic (exact) mass is 339 g/mol. The molecule has 0 saturated carbocycles. The van der Waals surface area contributed by atoms with Crippen LogP contribution in [-0.4, -0.2) is 33.1 Å². The minimum Gasteiger partial charge on any atom is -0.465 e. The average molecular weight is 340 g/mol. The number of halogens is 1. The SMILES string of the molecule is COC(=O)c1c(NS(=O)(=O)CC(C)CCl)sc(C)c1C. The van der Waals surface area contributed by atoms with E-state index >= 15 is 0 Å². The number of sulfonamides is 1. The number of alkyl halides is 1. The van der Waals surface area contributed by atoms with E-state index in [-0.39, 0.29) is 23.1 Å². The first kappa shape index (κ1) is 17.3. The second kappa shape index (κ2) is 6.78. The molecule has 0 fully saturated rings. The van der Waals surface area contributed by atoms with Gasteiger partial charge in [0.2, 0.25) is 10.0 Å². The number of thiophene rings is 1. The number of anilines is 1. The Kier molecular flexibility index (Phi) is 5.85. The fraction of sp³-hybridized carbons (Fsp3) is 0.583. The number of carbonyl (C=O) groups is 1. The third kappa shape index (κ3) is 4.10. The van der Waals surface area contributed by atoms with Crippen molar-refractivity contribution in [3.8, 4) is 0 Å². The molecule has 114 valence electrons. The predicted molar refractivity (Wildman–Crippen MR) is 82.4 cm³/mol. The van der Waals surface area contributed by atoms with Gasteiger partial charge in [-0.2, -0.15) is 0 Å². The van der Waals surface area contributed by atoms with Gasteiger partial charge in [0, 0.05) is 10.8 Å². The zero-order chi connectivity index (χ0) is 15.5. The second-order valence-corrected chi connectivity index (χ2v) is 7.92. The standard InChI is InChI=1S/C12H18ClNO4S2/c1-7(5-13)6-20(16,17)14-11-10(12(15)18-4)8(2)9(3)19-11/h7,14H,5-6H2,1-4H3. The number of hydrogen-bond donors (Lipinski definition) is 1. The summed E-state index contributed by atoms with van der Waals surface area (Å²) < 4.78 is 31.2. The van der Waals surface area contributed by atoms with Gasteiger partial charge in [-0.05, 0) is 25.3 Å².